The predicted molar refractivity (Wildman–Crippen MR) is 90.3 cm³/mol. The Bertz CT molecular complexity index is 669. The molecule has 0 radical (unpaired) electrons. The monoisotopic (exact) mass is 331 g/mol. The van der Waals surface area contributed by atoms with E-state index in [1.165, 1.54) is 0 Å². The lowest BCUT2D eigenvalue weighted by Gasteiger charge is -2.42. The number of aryl methyl sites for hydroxylation is 1. The zero-order valence-electron chi connectivity index (χ0n) is 13.5. The standard InChI is InChI=1S/C17H21N3O2S/c1-17(2)12-22-10-9-20(17)15(21)4-3-14-11-23-16(19-14)13-5-7-18-8-6-13/h5-8,11H,3-4,9-10,12H2,1-2H3. The molecule has 0 aliphatic carbocycles. The second-order valence-corrected chi connectivity index (χ2v) is 7.15. The second-order valence-electron chi connectivity index (χ2n) is 6.29. The highest BCUT2D eigenvalue weighted by Crippen LogP contribution is 2.24. The largest absolute Gasteiger partial charge is 0.377 e. The average Bonchev–Trinajstić information content (AvgIpc) is 3.02. The lowest BCUT2D eigenvalue weighted by Crippen LogP contribution is -2.55. The number of nitrogens with zero attached hydrogens (tertiary/aromatic N) is 3. The van der Waals surface area contributed by atoms with Gasteiger partial charge in [-0.3, -0.25) is 9.78 Å². The van der Waals surface area contributed by atoms with Crippen molar-refractivity contribution in [2.45, 2.75) is 32.2 Å². The SMILES string of the molecule is CC1(C)COCCN1C(=O)CCc1csc(-c2ccncc2)n1. The Kier molecular flexibility index (Phi) is 4.73. The van der Waals surface area contributed by atoms with Crippen LogP contribution in [0, 0.1) is 0 Å². The number of ether oxygens (including phenoxy) is 1. The Morgan fingerprint density at radius 1 is 1.39 bits per heavy atom. The summed E-state index contributed by atoms with van der Waals surface area (Å²) >= 11 is 1.61. The Labute approximate surface area is 140 Å². The molecule has 1 saturated heterocycles. The molecular weight excluding hydrogens is 310 g/mol. The smallest absolute Gasteiger partial charge is 0.223 e. The van der Waals surface area contributed by atoms with Crippen LogP contribution in [0.3, 0.4) is 0 Å². The third kappa shape index (κ3) is 3.76. The summed E-state index contributed by atoms with van der Waals surface area (Å²) in [7, 11) is 0. The van der Waals surface area contributed by atoms with Gasteiger partial charge in [0.2, 0.25) is 5.91 Å². The number of pyridine rings is 1. The quantitative estimate of drug-likeness (QED) is 0.864. The normalized spacial score (nSPS) is 17.2. The molecule has 2 aromatic heterocycles. The number of morpholine rings is 1. The molecule has 0 unspecified atom stereocenters. The maximum absolute atomic E-state index is 12.5. The Morgan fingerprint density at radius 2 is 2.17 bits per heavy atom. The molecule has 6 heteroatoms. The van der Waals surface area contributed by atoms with Crippen molar-refractivity contribution in [3.8, 4) is 10.6 Å². The van der Waals surface area contributed by atoms with E-state index >= 15 is 0 Å². The van der Waals surface area contributed by atoms with E-state index in [1.807, 2.05) is 22.4 Å². The topological polar surface area (TPSA) is 55.3 Å². The van der Waals surface area contributed by atoms with Gasteiger partial charge in [-0.15, -0.1) is 11.3 Å². The molecule has 0 spiro atoms. The van der Waals surface area contributed by atoms with Crippen molar-refractivity contribution in [1.29, 1.82) is 0 Å². The first-order valence-corrected chi connectivity index (χ1v) is 8.67. The first-order valence-electron chi connectivity index (χ1n) is 7.79. The fourth-order valence-electron chi connectivity index (χ4n) is 2.74. The van der Waals surface area contributed by atoms with Gasteiger partial charge in [-0.25, -0.2) is 4.98 Å². The van der Waals surface area contributed by atoms with Gasteiger partial charge in [-0.1, -0.05) is 0 Å². The van der Waals surface area contributed by atoms with Crippen LogP contribution in [0.1, 0.15) is 26.0 Å². The molecule has 3 heterocycles. The molecule has 0 aromatic carbocycles. The van der Waals surface area contributed by atoms with Crippen molar-refractivity contribution in [3.63, 3.8) is 0 Å². The molecule has 3 rings (SSSR count). The highest BCUT2D eigenvalue weighted by molar-refractivity contribution is 7.13. The first-order chi connectivity index (χ1) is 11.1. The first kappa shape index (κ1) is 16.1. The number of carbonyl (C=O) groups excluding carboxylic acids is 1. The van der Waals surface area contributed by atoms with Crippen molar-refractivity contribution in [2.75, 3.05) is 19.8 Å². The lowest BCUT2D eigenvalue weighted by atomic mass is 10.0. The third-order valence-electron chi connectivity index (χ3n) is 4.02. The van der Waals surface area contributed by atoms with Crippen LogP contribution < -0.4 is 0 Å². The Hall–Kier alpha value is -1.79. The van der Waals surface area contributed by atoms with E-state index in [9.17, 15) is 4.79 Å². The molecule has 5 nitrogen and oxygen atoms in total. The number of thiazole rings is 1. The average molecular weight is 331 g/mol. The minimum atomic E-state index is -0.223. The van der Waals surface area contributed by atoms with Gasteiger partial charge < -0.3 is 9.64 Å². The highest BCUT2D eigenvalue weighted by Gasteiger charge is 2.33. The van der Waals surface area contributed by atoms with Crippen LogP contribution in [0.4, 0.5) is 0 Å². The van der Waals surface area contributed by atoms with Crippen molar-refractivity contribution in [1.82, 2.24) is 14.9 Å². The molecule has 23 heavy (non-hydrogen) atoms. The van der Waals surface area contributed by atoms with Crippen molar-refractivity contribution >= 4 is 17.2 Å². The van der Waals surface area contributed by atoms with Crippen LogP contribution >= 0.6 is 11.3 Å². The van der Waals surface area contributed by atoms with E-state index in [4.69, 9.17) is 4.74 Å². The zero-order valence-corrected chi connectivity index (χ0v) is 14.3. The molecule has 0 saturated carbocycles. The van der Waals surface area contributed by atoms with Gasteiger partial charge in [-0.2, -0.15) is 0 Å². The molecule has 0 N–H and O–H groups in total. The van der Waals surface area contributed by atoms with E-state index < -0.39 is 0 Å². The van der Waals surface area contributed by atoms with Gasteiger partial charge in [0.1, 0.15) is 5.01 Å². The third-order valence-corrected chi connectivity index (χ3v) is 4.96. The lowest BCUT2D eigenvalue weighted by molar-refractivity contribution is -0.146. The van der Waals surface area contributed by atoms with Crippen LogP contribution in [0.2, 0.25) is 0 Å². The Balaban J connectivity index is 1.60. The summed E-state index contributed by atoms with van der Waals surface area (Å²) in [6.07, 6.45) is 4.69. The van der Waals surface area contributed by atoms with Crippen LogP contribution in [-0.2, 0) is 16.0 Å². The molecule has 0 bridgehead atoms. The second kappa shape index (κ2) is 6.76. The number of rotatable bonds is 4. The van der Waals surface area contributed by atoms with Gasteiger partial charge in [0.25, 0.3) is 0 Å². The molecule has 1 aliphatic heterocycles. The number of hydrogen-bond donors (Lipinski definition) is 0. The molecule has 1 fully saturated rings. The predicted octanol–water partition coefficient (Wildman–Crippen LogP) is 2.78. The van der Waals surface area contributed by atoms with E-state index in [0.717, 1.165) is 16.3 Å². The fraction of sp³-hybridized carbons (Fsp3) is 0.471. The van der Waals surface area contributed by atoms with Gasteiger partial charge in [0, 0.05) is 36.3 Å². The van der Waals surface area contributed by atoms with E-state index in [1.54, 1.807) is 23.7 Å². The highest BCUT2D eigenvalue weighted by atomic mass is 32.1. The molecule has 1 amide bonds. The van der Waals surface area contributed by atoms with Gasteiger partial charge in [-0.05, 0) is 32.4 Å². The summed E-state index contributed by atoms with van der Waals surface area (Å²) in [6.45, 7) is 5.99. The molecule has 2 aromatic rings. The zero-order chi connectivity index (χ0) is 16.3. The van der Waals surface area contributed by atoms with E-state index in [-0.39, 0.29) is 11.4 Å². The van der Waals surface area contributed by atoms with E-state index in [2.05, 4.69) is 23.8 Å². The van der Waals surface area contributed by atoms with Crippen molar-refractivity contribution < 1.29 is 9.53 Å². The van der Waals surface area contributed by atoms with Crippen LogP contribution in [-0.4, -0.2) is 46.1 Å². The molecular formula is C17H21N3O2S. The van der Waals surface area contributed by atoms with Crippen LogP contribution in [0.25, 0.3) is 10.6 Å². The van der Waals surface area contributed by atoms with Crippen molar-refractivity contribution in [3.05, 3.63) is 35.6 Å². The number of amides is 1. The van der Waals surface area contributed by atoms with Gasteiger partial charge >= 0.3 is 0 Å². The van der Waals surface area contributed by atoms with Crippen molar-refractivity contribution in [2.24, 2.45) is 0 Å². The Morgan fingerprint density at radius 3 is 2.91 bits per heavy atom. The number of carbonyl (C=O) groups is 1. The number of hydrogen-bond acceptors (Lipinski definition) is 5. The fourth-order valence-corrected chi connectivity index (χ4v) is 3.60. The van der Waals surface area contributed by atoms with Gasteiger partial charge in [0.05, 0.1) is 24.4 Å². The van der Waals surface area contributed by atoms with Crippen LogP contribution in [0.15, 0.2) is 29.9 Å². The molecule has 1 aliphatic rings. The maximum atomic E-state index is 12.5. The molecule has 0 atom stereocenters. The van der Waals surface area contributed by atoms with Crippen LogP contribution in [0.5, 0.6) is 0 Å². The van der Waals surface area contributed by atoms with Gasteiger partial charge in [0.15, 0.2) is 0 Å². The molecule has 122 valence electrons. The van der Waals surface area contributed by atoms with E-state index in [0.29, 0.717) is 32.6 Å². The summed E-state index contributed by atoms with van der Waals surface area (Å²) in [4.78, 5) is 23.1. The summed E-state index contributed by atoms with van der Waals surface area (Å²) in [6, 6.07) is 3.90. The number of aromatic nitrogens is 2. The summed E-state index contributed by atoms with van der Waals surface area (Å²) < 4.78 is 5.47. The minimum Gasteiger partial charge on any atom is -0.377 e. The minimum absolute atomic E-state index is 0.178. The maximum Gasteiger partial charge on any atom is 0.223 e. The summed E-state index contributed by atoms with van der Waals surface area (Å²) in [5.41, 5.74) is 1.82. The summed E-state index contributed by atoms with van der Waals surface area (Å²) in [5, 5.41) is 3.01. The summed E-state index contributed by atoms with van der Waals surface area (Å²) in [5.74, 6) is 0.178.